The molecule has 1 aromatic rings. The van der Waals surface area contributed by atoms with Gasteiger partial charge in [0, 0.05) is 25.2 Å². The predicted molar refractivity (Wildman–Crippen MR) is 69.8 cm³/mol. The number of hydrogen-bond donors (Lipinski definition) is 0. The zero-order valence-corrected chi connectivity index (χ0v) is 11.2. The van der Waals surface area contributed by atoms with Crippen molar-refractivity contribution in [1.82, 2.24) is 9.80 Å². The molecule has 0 bridgehead atoms. The van der Waals surface area contributed by atoms with E-state index in [2.05, 4.69) is 29.8 Å². The Kier molecular flexibility index (Phi) is 4.40. The van der Waals surface area contributed by atoms with Gasteiger partial charge in [0.15, 0.2) is 0 Å². The van der Waals surface area contributed by atoms with Crippen LogP contribution in [0.25, 0.3) is 0 Å². The van der Waals surface area contributed by atoms with Crippen LogP contribution in [0.3, 0.4) is 0 Å². The number of rotatable bonds is 3. The third kappa shape index (κ3) is 3.12. The molecule has 1 saturated heterocycles. The fourth-order valence-corrected chi connectivity index (χ4v) is 2.53. The van der Waals surface area contributed by atoms with Crippen molar-refractivity contribution in [2.45, 2.75) is 38.4 Å². The molecule has 0 spiro atoms. The van der Waals surface area contributed by atoms with Crippen molar-refractivity contribution in [3.05, 3.63) is 24.2 Å². The molecule has 0 N–H and O–H groups in total. The van der Waals surface area contributed by atoms with Gasteiger partial charge in [0.2, 0.25) is 0 Å². The van der Waals surface area contributed by atoms with Gasteiger partial charge >= 0.3 is 0 Å². The molecule has 0 saturated carbocycles. The van der Waals surface area contributed by atoms with E-state index in [0.29, 0.717) is 18.5 Å². The van der Waals surface area contributed by atoms with E-state index < -0.39 is 0 Å². The molecular weight excluding hydrogens is 226 g/mol. The summed E-state index contributed by atoms with van der Waals surface area (Å²) in [5.41, 5.74) is 0. The molecule has 0 amide bonds. The van der Waals surface area contributed by atoms with Crippen molar-refractivity contribution in [2.75, 3.05) is 20.1 Å². The van der Waals surface area contributed by atoms with Crippen LogP contribution < -0.4 is 0 Å². The van der Waals surface area contributed by atoms with Crippen LogP contribution in [-0.2, 0) is 6.54 Å². The Balaban J connectivity index is 2.02. The van der Waals surface area contributed by atoms with Gasteiger partial charge in [0.25, 0.3) is 0 Å². The third-order valence-corrected chi connectivity index (χ3v) is 3.89. The van der Waals surface area contributed by atoms with Gasteiger partial charge in [-0.1, -0.05) is 0 Å². The SMILES string of the molecule is CC1CCN(Cc2ccco2)CC(CC#N)N1C. The van der Waals surface area contributed by atoms with Crippen molar-refractivity contribution in [1.29, 1.82) is 5.26 Å². The summed E-state index contributed by atoms with van der Waals surface area (Å²) >= 11 is 0. The highest BCUT2D eigenvalue weighted by Crippen LogP contribution is 2.18. The van der Waals surface area contributed by atoms with E-state index >= 15 is 0 Å². The van der Waals surface area contributed by atoms with Gasteiger partial charge in [-0.15, -0.1) is 0 Å². The lowest BCUT2D eigenvalue weighted by Crippen LogP contribution is -2.41. The van der Waals surface area contributed by atoms with Crippen molar-refractivity contribution in [3.63, 3.8) is 0 Å². The lowest BCUT2D eigenvalue weighted by Gasteiger charge is -2.29. The van der Waals surface area contributed by atoms with Gasteiger partial charge in [-0.2, -0.15) is 5.26 Å². The molecule has 4 heteroatoms. The minimum atomic E-state index is 0.322. The van der Waals surface area contributed by atoms with Gasteiger partial charge in [-0.25, -0.2) is 0 Å². The normalized spacial score (nSPS) is 26.7. The Morgan fingerprint density at radius 1 is 1.56 bits per heavy atom. The summed E-state index contributed by atoms with van der Waals surface area (Å²) in [5, 5.41) is 8.94. The largest absolute Gasteiger partial charge is 0.468 e. The molecule has 1 aliphatic rings. The van der Waals surface area contributed by atoms with Gasteiger partial charge in [0.05, 0.1) is 25.3 Å². The third-order valence-electron chi connectivity index (χ3n) is 3.89. The van der Waals surface area contributed by atoms with Crippen LogP contribution in [0.5, 0.6) is 0 Å². The maximum absolute atomic E-state index is 8.94. The van der Waals surface area contributed by atoms with E-state index in [9.17, 15) is 0 Å². The van der Waals surface area contributed by atoms with E-state index in [-0.39, 0.29) is 0 Å². The number of nitriles is 1. The van der Waals surface area contributed by atoms with Gasteiger partial charge in [0.1, 0.15) is 5.76 Å². The average molecular weight is 247 g/mol. The van der Waals surface area contributed by atoms with Crippen LogP contribution in [0.4, 0.5) is 0 Å². The first kappa shape index (κ1) is 13.1. The van der Waals surface area contributed by atoms with E-state index in [4.69, 9.17) is 9.68 Å². The van der Waals surface area contributed by atoms with Crippen LogP contribution in [-0.4, -0.2) is 42.0 Å². The van der Waals surface area contributed by atoms with Crippen LogP contribution in [0.2, 0.25) is 0 Å². The number of furan rings is 1. The van der Waals surface area contributed by atoms with E-state index in [1.54, 1.807) is 6.26 Å². The fourth-order valence-electron chi connectivity index (χ4n) is 2.53. The van der Waals surface area contributed by atoms with E-state index in [1.165, 1.54) is 0 Å². The molecule has 1 aromatic heterocycles. The molecule has 0 aromatic carbocycles. The quantitative estimate of drug-likeness (QED) is 0.820. The first-order valence-electron chi connectivity index (χ1n) is 6.54. The summed E-state index contributed by atoms with van der Waals surface area (Å²) in [6.45, 7) is 5.08. The highest BCUT2D eigenvalue weighted by molar-refractivity contribution is 4.99. The summed E-state index contributed by atoms with van der Waals surface area (Å²) < 4.78 is 5.41. The second-order valence-electron chi connectivity index (χ2n) is 5.13. The van der Waals surface area contributed by atoms with Gasteiger partial charge in [-0.3, -0.25) is 9.80 Å². The molecule has 2 rings (SSSR count). The highest BCUT2D eigenvalue weighted by atomic mass is 16.3. The minimum absolute atomic E-state index is 0.322. The fraction of sp³-hybridized carbons (Fsp3) is 0.643. The van der Waals surface area contributed by atoms with Crippen molar-refractivity contribution in [2.24, 2.45) is 0 Å². The lowest BCUT2D eigenvalue weighted by molar-refractivity contribution is 0.172. The Labute approximate surface area is 109 Å². The standard InChI is InChI=1S/C14H21N3O/c1-12-6-8-17(11-14-4-3-9-18-14)10-13(5-7-15)16(12)2/h3-4,9,12-13H,5-6,8,10-11H2,1-2H3. The summed E-state index contributed by atoms with van der Waals surface area (Å²) in [6.07, 6.45) is 3.45. The van der Waals surface area contributed by atoms with Crippen LogP contribution in [0.1, 0.15) is 25.5 Å². The summed E-state index contributed by atoms with van der Waals surface area (Å²) in [5.74, 6) is 1.00. The molecule has 0 radical (unpaired) electrons. The second kappa shape index (κ2) is 6.03. The molecule has 1 fully saturated rings. The van der Waals surface area contributed by atoms with Gasteiger partial charge in [-0.05, 0) is 32.5 Å². The minimum Gasteiger partial charge on any atom is -0.468 e. The number of hydrogen-bond acceptors (Lipinski definition) is 4. The number of nitrogens with zero attached hydrogens (tertiary/aromatic N) is 3. The zero-order valence-electron chi connectivity index (χ0n) is 11.2. The molecule has 4 nitrogen and oxygen atoms in total. The zero-order chi connectivity index (χ0) is 13.0. The Bertz CT molecular complexity index is 396. The van der Waals surface area contributed by atoms with Crippen LogP contribution in [0, 0.1) is 11.3 Å². The Hall–Kier alpha value is -1.31. The van der Waals surface area contributed by atoms with Crippen LogP contribution >= 0.6 is 0 Å². The van der Waals surface area contributed by atoms with E-state index in [0.717, 1.165) is 31.8 Å². The molecule has 1 aliphatic heterocycles. The Morgan fingerprint density at radius 2 is 2.39 bits per heavy atom. The smallest absolute Gasteiger partial charge is 0.117 e. The molecule has 2 atom stereocenters. The number of likely N-dealkylation sites (N-methyl/N-ethyl adjacent to an activating group) is 1. The monoisotopic (exact) mass is 247 g/mol. The summed E-state index contributed by atoms with van der Waals surface area (Å²) in [4.78, 5) is 4.73. The molecule has 98 valence electrons. The van der Waals surface area contributed by atoms with Gasteiger partial charge < -0.3 is 4.42 Å². The molecule has 2 heterocycles. The maximum Gasteiger partial charge on any atom is 0.117 e. The summed E-state index contributed by atoms with van der Waals surface area (Å²) in [6, 6.07) is 7.09. The Morgan fingerprint density at radius 3 is 3.06 bits per heavy atom. The maximum atomic E-state index is 8.94. The average Bonchev–Trinajstić information content (AvgIpc) is 2.82. The predicted octanol–water partition coefficient (Wildman–Crippen LogP) is 2.09. The molecule has 2 unspecified atom stereocenters. The lowest BCUT2D eigenvalue weighted by atomic mass is 10.1. The molecule has 18 heavy (non-hydrogen) atoms. The van der Waals surface area contributed by atoms with Crippen molar-refractivity contribution < 1.29 is 4.42 Å². The molecular formula is C14H21N3O. The topological polar surface area (TPSA) is 43.4 Å². The van der Waals surface area contributed by atoms with Crippen molar-refractivity contribution >= 4 is 0 Å². The van der Waals surface area contributed by atoms with E-state index in [1.807, 2.05) is 12.1 Å². The first-order chi connectivity index (χ1) is 8.70. The first-order valence-corrected chi connectivity index (χ1v) is 6.54. The highest BCUT2D eigenvalue weighted by Gasteiger charge is 2.26. The van der Waals surface area contributed by atoms with Crippen LogP contribution in [0.15, 0.2) is 22.8 Å². The summed E-state index contributed by atoms with van der Waals surface area (Å²) in [7, 11) is 2.13. The second-order valence-corrected chi connectivity index (χ2v) is 5.13. The molecule has 0 aliphatic carbocycles. The van der Waals surface area contributed by atoms with Crippen molar-refractivity contribution in [3.8, 4) is 6.07 Å².